The van der Waals surface area contributed by atoms with Crippen LogP contribution in [-0.2, 0) is 0 Å². The van der Waals surface area contributed by atoms with Gasteiger partial charge in [0, 0.05) is 5.25 Å². The molecule has 0 aliphatic rings. The molecule has 4 heteroatoms. The van der Waals surface area contributed by atoms with Crippen molar-refractivity contribution in [2.75, 3.05) is 0 Å². The minimum atomic E-state index is -0.546. The van der Waals surface area contributed by atoms with Crippen LogP contribution in [0, 0.1) is 0 Å². The Morgan fingerprint density at radius 3 is 2.14 bits per heavy atom. The van der Waals surface area contributed by atoms with E-state index >= 15 is 0 Å². The van der Waals surface area contributed by atoms with Crippen molar-refractivity contribution in [1.82, 2.24) is 0 Å². The summed E-state index contributed by atoms with van der Waals surface area (Å²) in [4.78, 5) is -0.546. The fourth-order valence-corrected chi connectivity index (χ4v) is 2.03. The lowest BCUT2D eigenvalue weighted by atomic mass is 10.1. The predicted molar refractivity (Wildman–Crippen MR) is 67.9 cm³/mol. The van der Waals surface area contributed by atoms with Crippen LogP contribution in [0.1, 0.15) is 17.2 Å². The monoisotopic (exact) mass is 268 g/mol. The Kier molecular flexibility index (Phi) is 5.47. The molecule has 0 fully saturated rings. The van der Waals surface area contributed by atoms with E-state index in [-0.39, 0.29) is 10.6 Å². The van der Waals surface area contributed by atoms with Crippen molar-refractivity contribution in [2.45, 2.75) is 21.9 Å². The Morgan fingerprint density at radius 1 is 1.07 bits per heavy atom. The number of thiol groups is 1. The van der Waals surface area contributed by atoms with Gasteiger partial charge in [0.25, 0.3) is 0 Å². The Balaban J connectivity index is 2.55. The molecule has 0 saturated carbocycles. The average molecular weight is 270 g/mol. The van der Waals surface area contributed by atoms with E-state index in [0.29, 0.717) is 6.42 Å². The molecule has 0 nitrogen and oxygen atoms in total. The molecule has 1 rings (SSSR count). The van der Waals surface area contributed by atoms with Gasteiger partial charge >= 0.3 is 0 Å². The zero-order chi connectivity index (χ0) is 10.6. The summed E-state index contributed by atoms with van der Waals surface area (Å²) in [5, 5.41) is -0.181. The first kappa shape index (κ1) is 12.5. The van der Waals surface area contributed by atoms with Gasteiger partial charge in [-0.2, -0.15) is 12.6 Å². The molecule has 1 aromatic rings. The maximum absolute atomic E-state index is 5.95. The van der Waals surface area contributed by atoms with Crippen LogP contribution in [0.5, 0.6) is 0 Å². The minimum absolute atomic E-state index is 0.0821. The van der Waals surface area contributed by atoms with Crippen LogP contribution < -0.4 is 0 Å². The van der Waals surface area contributed by atoms with E-state index in [9.17, 15) is 0 Å². The van der Waals surface area contributed by atoms with Gasteiger partial charge in [0.05, 0.1) is 5.38 Å². The van der Waals surface area contributed by atoms with Gasteiger partial charge in [0.15, 0.2) is 0 Å². The molecule has 14 heavy (non-hydrogen) atoms. The van der Waals surface area contributed by atoms with Gasteiger partial charge in [-0.3, -0.25) is 0 Å². The van der Waals surface area contributed by atoms with Gasteiger partial charge in [-0.15, -0.1) is 34.8 Å². The Labute approximate surface area is 105 Å². The van der Waals surface area contributed by atoms with Crippen LogP contribution in [0.4, 0.5) is 0 Å². The molecule has 0 bridgehead atoms. The quantitative estimate of drug-likeness (QED) is 0.605. The second kappa shape index (κ2) is 6.12. The number of benzene rings is 1. The van der Waals surface area contributed by atoms with E-state index in [1.807, 2.05) is 30.3 Å². The maximum Gasteiger partial charge on any atom is 0.124 e. The van der Waals surface area contributed by atoms with Crippen molar-refractivity contribution in [3.8, 4) is 0 Å². The molecule has 0 amide bonds. The first-order valence-electron chi connectivity index (χ1n) is 4.26. The van der Waals surface area contributed by atoms with Crippen molar-refractivity contribution in [2.24, 2.45) is 0 Å². The molecule has 0 radical (unpaired) electrons. The van der Waals surface area contributed by atoms with Gasteiger partial charge < -0.3 is 0 Å². The van der Waals surface area contributed by atoms with Gasteiger partial charge in [-0.25, -0.2) is 0 Å². The highest BCUT2D eigenvalue weighted by atomic mass is 35.5. The van der Waals surface area contributed by atoms with E-state index in [4.69, 9.17) is 34.8 Å². The maximum atomic E-state index is 5.95. The zero-order valence-corrected chi connectivity index (χ0v) is 10.6. The second-order valence-corrected chi connectivity index (χ2v) is 5.36. The zero-order valence-electron chi connectivity index (χ0n) is 7.41. The average Bonchev–Trinajstić information content (AvgIpc) is 2.19. The van der Waals surface area contributed by atoms with Crippen LogP contribution in [0.15, 0.2) is 30.3 Å². The third-order valence-corrected chi connectivity index (χ3v) is 3.71. The molecule has 0 aliphatic heterocycles. The topological polar surface area (TPSA) is 0 Å². The third kappa shape index (κ3) is 3.90. The Morgan fingerprint density at radius 2 is 1.64 bits per heavy atom. The van der Waals surface area contributed by atoms with Gasteiger partial charge in [0.1, 0.15) is 4.84 Å². The van der Waals surface area contributed by atoms with Crippen molar-refractivity contribution in [3.63, 3.8) is 0 Å². The summed E-state index contributed by atoms with van der Waals surface area (Å²) in [7, 11) is 0. The van der Waals surface area contributed by atoms with Crippen molar-refractivity contribution >= 4 is 47.4 Å². The largest absolute Gasteiger partial charge is 0.171 e. The molecule has 0 N–H and O–H groups in total. The first-order chi connectivity index (χ1) is 6.61. The van der Waals surface area contributed by atoms with E-state index < -0.39 is 4.84 Å². The molecule has 2 unspecified atom stereocenters. The Bertz CT molecular complexity index is 263. The van der Waals surface area contributed by atoms with E-state index in [2.05, 4.69) is 12.6 Å². The lowest BCUT2D eigenvalue weighted by Gasteiger charge is -2.15. The summed E-state index contributed by atoms with van der Waals surface area (Å²) in [5.41, 5.74) is 1.13. The molecule has 0 saturated heterocycles. The minimum Gasteiger partial charge on any atom is -0.171 e. The van der Waals surface area contributed by atoms with Gasteiger partial charge in [-0.1, -0.05) is 30.3 Å². The summed E-state index contributed by atoms with van der Waals surface area (Å²) in [6.07, 6.45) is 0.659. The second-order valence-electron chi connectivity index (χ2n) is 3.01. The first-order valence-corrected chi connectivity index (χ1v) is 6.09. The number of hydrogen-bond donors (Lipinski definition) is 1. The smallest absolute Gasteiger partial charge is 0.124 e. The van der Waals surface area contributed by atoms with Gasteiger partial charge in [-0.05, 0) is 12.0 Å². The lowest BCUT2D eigenvalue weighted by Crippen LogP contribution is -2.11. The molecule has 0 aliphatic carbocycles. The van der Waals surface area contributed by atoms with E-state index in [1.165, 1.54) is 0 Å². The molecule has 0 aromatic heterocycles. The van der Waals surface area contributed by atoms with Crippen LogP contribution in [-0.4, -0.2) is 10.2 Å². The highest BCUT2D eigenvalue weighted by Gasteiger charge is 2.18. The summed E-state index contributed by atoms with van der Waals surface area (Å²) < 4.78 is 0. The van der Waals surface area contributed by atoms with Crippen LogP contribution in [0.2, 0.25) is 0 Å². The van der Waals surface area contributed by atoms with Gasteiger partial charge in [0.2, 0.25) is 0 Å². The molecule has 0 spiro atoms. The van der Waals surface area contributed by atoms with E-state index in [1.54, 1.807) is 0 Å². The highest BCUT2D eigenvalue weighted by Crippen LogP contribution is 2.30. The summed E-state index contributed by atoms with van der Waals surface area (Å²) in [6.45, 7) is 0. The van der Waals surface area contributed by atoms with Crippen molar-refractivity contribution in [1.29, 1.82) is 0 Å². The molecular formula is C10H11Cl3S. The summed E-state index contributed by atoms with van der Waals surface area (Å²) in [6, 6.07) is 9.94. The number of hydrogen-bond acceptors (Lipinski definition) is 1. The number of halogens is 3. The molecule has 2 atom stereocenters. The normalized spacial score (nSPS) is 15.5. The number of rotatable bonds is 4. The van der Waals surface area contributed by atoms with Crippen LogP contribution >= 0.6 is 47.4 Å². The fraction of sp³-hybridized carbons (Fsp3) is 0.400. The molecular weight excluding hydrogens is 259 g/mol. The fourth-order valence-electron chi connectivity index (χ4n) is 1.13. The lowest BCUT2D eigenvalue weighted by molar-refractivity contribution is 0.775. The van der Waals surface area contributed by atoms with E-state index in [0.717, 1.165) is 5.56 Å². The Hall–Kier alpha value is 0.440. The third-order valence-electron chi connectivity index (χ3n) is 1.91. The van der Waals surface area contributed by atoms with Crippen LogP contribution in [0.3, 0.4) is 0 Å². The van der Waals surface area contributed by atoms with Crippen molar-refractivity contribution < 1.29 is 0 Å². The highest BCUT2D eigenvalue weighted by molar-refractivity contribution is 7.80. The predicted octanol–water partition coefficient (Wildman–Crippen LogP) is 4.46. The van der Waals surface area contributed by atoms with Crippen LogP contribution in [0.25, 0.3) is 0 Å². The number of alkyl halides is 3. The van der Waals surface area contributed by atoms with Crippen molar-refractivity contribution in [3.05, 3.63) is 35.9 Å². The SMILES string of the molecule is SC(CC(Cl)C(Cl)Cl)c1ccccc1. The summed E-state index contributed by atoms with van der Waals surface area (Å²) in [5.74, 6) is 0. The summed E-state index contributed by atoms with van der Waals surface area (Å²) >= 11 is 21.7. The molecule has 0 heterocycles. The molecule has 1 aromatic carbocycles. The standard InChI is InChI=1S/C10H11Cl3S/c11-8(10(12)13)6-9(14)7-4-2-1-3-5-7/h1-5,8-10,14H,6H2. The molecule has 78 valence electrons.